The number of aromatic nitrogens is 3. The largest absolute Gasteiger partial charge is 0.378 e. The minimum absolute atomic E-state index is 0.410. The first-order valence-corrected chi connectivity index (χ1v) is 7.83. The van der Waals surface area contributed by atoms with E-state index < -0.39 is 0 Å². The molecule has 0 saturated heterocycles. The van der Waals surface area contributed by atoms with Crippen LogP contribution in [0.3, 0.4) is 0 Å². The summed E-state index contributed by atoms with van der Waals surface area (Å²) in [5, 5.41) is 14.5. The third-order valence-electron chi connectivity index (χ3n) is 2.71. The molecule has 1 N–H and O–H groups in total. The summed E-state index contributed by atoms with van der Waals surface area (Å²) in [5.74, 6) is 0. The van der Waals surface area contributed by atoms with Crippen molar-refractivity contribution >= 4 is 27.8 Å². The van der Waals surface area contributed by atoms with Gasteiger partial charge in [-0.25, -0.2) is 4.98 Å². The van der Waals surface area contributed by atoms with E-state index in [1.54, 1.807) is 29.8 Å². The molecular formula is C12H18N4OS2. The van der Waals surface area contributed by atoms with Gasteiger partial charge in [-0.15, -0.1) is 21.5 Å². The van der Waals surface area contributed by atoms with E-state index in [9.17, 15) is 0 Å². The van der Waals surface area contributed by atoms with Crippen LogP contribution in [-0.2, 0) is 11.3 Å². The van der Waals surface area contributed by atoms with Crippen molar-refractivity contribution in [2.45, 2.75) is 39.8 Å². The Labute approximate surface area is 121 Å². The first-order chi connectivity index (χ1) is 9.13. The molecule has 0 aromatic carbocycles. The molecule has 0 radical (unpaired) electrons. The Hall–Kier alpha value is -1.05. The van der Waals surface area contributed by atoms with E-state index in [0.717, 1.165) is 32.1 Å². The van der Waals surface area contributed by atoms with Gasteiger partial charge >= 0.3 is 0 Å². The molecule has 1 unspecified atom stereocenters. The van der Waals surface area contributed by atoms with Crippen molar-refractivity contribution in [2.24, 2.45) is 0 Å². The van der Waals surface area contributed by atoms with Gasteiger partial charge in [0, 0.05) is 13.2 Å². The van der Waals surface area contributed by atoms with Crippen LogP contribution < -0.4 is 5.32 Å². The maximum Gasteiger partial charge on any atom is 0.206 e. The molecule has 0 saturated carbocycles. The fraction of sp³-hybridized carbons (Fsp3) is 0.583. The van der Waals surface area contributed by atoms with Gasteiger partial charge in [0.25, 0.3) is 0 Å². The van der Waals surface area contributed by atoms with E-state index in [2.05, 4.69) is 34.3 Å². The first kappa shape index (κ1) is 14.4. The molecule has 19 heavy (non-hydrogen) atoms. The van der Waals surface area contributed by atoms with Crippen molar-refractivity contribution in [1.82, 2.24) is 15.2 Å². The highest BCUT2D eigenvalue weighted by Crippen LogP contribution is 2.34. The number of methoxy groups -OCH3 is 1. The summed E-state index contributed by atoms with van der Waals surface area (Å²) < 4.78 is 5.11. The van der Waals surface area contributed by atoms with Crippen molar-refractivity contribution in [3.8, 4) is 9.88 Å². The molecule has 0 spiro atoms. The van der Waals surface area contributed by atoms with Gasteiger partial charge in [-0.05, 0) is 20.3 Å². The van der Waals surface area contributed by atoms with Crippen LogP contribution in [0.5, 0.6) is 0 Å². The van der Waals surface area contributed by atoms with Gasteiger partial charge in [0.05, 0.1) is 17.2 Å². The lowest BCUT2D eigenvalue weighted by atomic mass is 10.3. The molecule has 0 aliphatic heterocycles. The van der Waals surface area contributed by atoms with Crippen LogP contribution in [0.25, 0.3) is 9.88 Å². The summed E-state index contributed by atoms with van der Waals surface area (Å²) in [7, 11) is 1.68. The second-order valence-electron chi connectivity index (χ2n) is 4.32. The Bertz CT molecular complexity index is 538. The lowest BCUT2D eigenvalue weighted by Gasteiger charge is -2.07. The molecule has 5 nitrogen and oxygen atoms in total. The molecule has 2 rings (SSSR count). The predicted molar refractivity (Wildman–Crippen MR) is 79.8 cm³/mol. The molecule has 2 aromatic rings. The Morgan fingerprint density at radius 3 is 2.79 bits per heavy atom. The van der Waals surface area contributed by atoms with E-state index in [0.29, 0.717) is 12.6 Å². The van der Waals surface area contributed by atoms with Gasteiger partial charge in [0.1, 0.15) is 5.01 Å². The molecular weight excluding hydrogens is 280 g/mol. The van der Waals surface area contributed by atoms with E-state index in [1.807, 2.05) is 6.92 Å². The Kier molecular flexibility index (Phi) is 4.84. The van der Waals surface area contributed by atoms with Crippen molar-refractivity contribution in [3.63, 3.8) is 0 Å². The number of nitrogens with zero attached hydrogens (tertiary/aromatic N) is 3. The highest BCUT2D eigenvalue weighted by molar-refractivity contribution is 7.23. The highest BCUT2D eigenvalue weighted by Gasteiger charge is 2.15. The molecule has 7 heteroatoms. The average Bonchev–Trinajstić information content (AvgIpc) is 2.96. The molecule has 2 heterocycles. The number of nitrogens with one attached hydrogen (secondary N) is 1. The highest BCUT2D eigenvalue weighted by atomic mass is 32.1. The Balaban J connectivity index is 2.17. The van der Waals surface area contributed by atoms with Crippen molar-refractivity contribution in [2.75, 3.05) is 12.4 Å². The number of anilines is 1. The summed E-state index contributed by atoms with van der Waals surface area (Å²) in [4.78, 5) is 5.56. The molecule has 0 aliphatic carbocycles. The number of rotatable bonds is 6. The van der Waals surface area contributed by atoms with Crippen LogP contribution in [0.2, 0.25) is 0 Å². The SMILES string of the molecule is CCC(C)Nc1nnc(-c2sc(COC)nc2C)s1. The van der Waals surface area contributed by atoms with Gasteiger partial charge < -0.3 is 10.1 Å². The second-order valence-corrected chi connectivity index (χ2v) is 6.38. The smallest absolute Gasteiger partial charge is 0.206 e. The summed E-state index contributed by atoms with van der Waals surface area (Å²) in [6.45, 7) is 6.82. The van der Waals surface area contributed by atoms with Gasteiger partial charge in [-0.3, -0.25) is 0 Å². The third-order valence-corrected chi connectivity index (χ3v) is 4.85. The fourth-order valence-electron chi connectivity index (χ4n) is 1.52. The van der Waals surface area contributed by atoms with Gasteiger partial charge in [-0.2, -0.15) is 0 Å². The van der Waals surface area contributed by atoms with Crippen LogP contribution in [0, 0.1) is 6.92 Å². The molecule has 2 aromatic heterocycles. The standard InChI is InChI=1S/C12H18N4OS2/c1-5-7(2)13-12-16-15-11(19-12)10-8(3)14-9(18-10)6-17-4/h7H,5-6H2,1-4H3,(H,13,16). The lowest BCUT2D eigenvalue weighted by molar-refractivity contribution is 0.184. The maximum atomic E-state index is 5.11. The molecule has 1 atom stereocenters. The number of hydrogen-bond acceptors (Lipinski definition) is 7. The van der Waals surface area contributed by atoms with Crippen molar-refractivity contribution < 1.29 is 4.74 Å². The maximum absolute atomic E-state index is 5.11. The predicted octanol–water partition coefficient (Wildman–Crippen LogP) is 3.33. The Morgan fingerprint density at radius 2 is 2.11 bits per heavy atom. The third kappa shape index (κ3) is 3.49. The summed E-state index contributed by atoms with van der Waals surface area (Å²) in [6.07, 6.45) is 1.06. The molecule has 104 valence electrons. The molecule has 0 fully saturated rings. The van der Waals surface area contributed by atoms with Crippen LogP contribution >= 0.6 is 22.7 Å². The van der Waals surface area contributed by atoms with Crippen molar-refractivity contribution in [1.29, 1.82) is 0 Å². The van der Waals surface area contributed by atoms with Gasteiger partial charge in [0.15, 0.2) is 5.01 Å². The first-order valence-electron chi connectivity index (χ1n) is 6.19. The van der Waals surface area contributed by atoms with E-state index >= 15 is 0 Å². The number of ether oxygens (including phenoxy) is 1. The minimum atomic E-state index is 0.410. The van der Waals surface area contributed by atoms with Crippen LogP contribution in [0.1, 0.15) is 31.0 Å². The second kappa shape index (κ2) is 6.40. The fourth-order valence-corrected chi connectivity index (χ4v) is 3.54. The molecule has 0 bridgehead atoms. The number of aryl methyl sites for hydroxylation is 1. The quantitative estimate of drug-likeness (QED) is 0.886. The van der Waals surface area contributed by atoms with E-state index in [1.165, 1.54) is 0 Å². The normalized spacial score (nSPS) is 12.6. The van der Waals surface area contributed by atoms with Gasteiger partial charge in [0.2, 0.25) is 5.13 Å². The Morgan fingerprint density at radius 1 is 1.32 bits per heavy atom. The topological polar surface area (TPSA) is 59.9 Å². The lowest BCUT2D eigenvalue weighted by Crippen LogP contribution is -2.12. The van der Waals surface area contributed by atoms with Gasteiger partial charge in [-0.1, -0.05) is 18.3 Å². The molecule has 0 amide bonds. The van der Waals surface area contributed by atoms with Crippen LogP contribution in [0.4, 0.5) is 5.13 Å². The minimum Gasteiger partial charge on any atom is -0.378 e. The number of thiazole rings is 1. The summed E-state index contributed by atoms with van der Waals surface area (Å²) in [5.41, 5.74) is 0.989. The zero-order valence-corrected chi connectivity index (χ0v) is 13.2. The zero-order valence-electron chi connectivity index (χ0n) is 11.6. The molecule has 0 aliphatic rings. The van der Waals surface area contributed by atoms with Crippen LogP contribution in [0.15, 0.2) is 0 Å². The monoisotopic (exact) mass is 298 g/mol. The summed E-state index contributed by atoms with van der Waals surface area (Å²) in [6, 6.07) is 0.410. The zero-order chi connectivity index (χ0) is 13.8. The summed E-state index contributed by atoms with van der Waals surface area (Å²) >= 11 is 3.19. The number of hydrogen-bond donors (Lipinski definition) is 1. The van der Waals surface area contributed by atoms with Crippen LogP contribution in [-0.4, -0.2) is 28.3 Å². The van der Waals surface area contributed by atoms with E-state index in [4.69, 9.17) is 4.74 Å². The average molecular weight is 298 g/mol. The van der Waals surface area contributed by atoms with E-state index in [-0.39, 0.29) is 0 Å². The van der Waals surface area contributed by atoms with Crippen molar-refractivity contribution in [3.05, 3.63) is 10.7 Å².